The van der Waals surface area contributed by atoms with Gasteiger partial charge >= 0.3 is 0 Å². The highest BCUT2D eigenvalue weighted by Crippen LogP contribution is 2.33. The maximum absolute atomic E-state index is 14.3. The Balaban J connectivity index is 1.68. The van der Waals surface area contributed by atoms with Crippen molar-refractivity contribution < 1.29 is 22.5 Å². The van der Waals surface area contributed by atoms with Crippen LogP contribution in [0, 0.1) is 24.4 Å². The van der Waals surface area contributed by atoms with Crippen LogP contribution >= 0.6 is 0 Å². The van der Waals surface area contributed by atoms with Gasteiger partial charge in [-0.15, -0.1) is 0 Å². The number of benzene rings is 2. The Morgan fingerprint density at radius 1 is 1.14 bits per heavy atom. The van der Waals surface area contributed by atoms with Crippen molar-refractivity contribution in [2.45, 2.75) is 19.8 Å². The summed E-state index contributed by atoms with van der Waals surface area (Å²) in [6.07, 6.45) is 0.186. The number of hydrogen-bond acceptors (Lipinski definition) is 4. The molecule has 0 aliphatic rings. The quantitative estimate of drug-likeness (QED) is 0.516. The van der Waals surface area contributed by atoms with Crippen molar-refractivity contribution in [3.05, 3.63) is 65.3 Å². The van der Waals surface area contributed by atoms with Crippen molar-refractivity contribution in [3.8, 4) is 11.3 Å². The van der Waals surface area contributed by atoms with E-state index in [0.717, 1.165) is 6.07 Å². The molecule has 9 heteroatoms. The van der Waals surface area contributed by atoms with Gasteiger partial charge in [-0.25, -0.2) is 13.2 Å². The minimum absolute atomic E-state index is 0.00681. The zero-order valence-corrected chi connectivity index (χ0v) is 15.2. The van der Waals surface area contributed by atoms with E-state index in [2.05, 4.69) is 20.4 Å². The van der Waals surface area contributed by atoms with Gasteiger partial charge < -0.3 is 9.51 Å². The topological polar surface area (TPSA) is 83.8 Å². The van der Waals surface area contributed by atoms with Gasteiger partial charge in [-0.3, -0.25) is 10.1 Å². The first-order valence-corrected chi connectivity index (χ1v) is 8.76. The summed E-state index contributed by atoms with van der Waals surface area (Å²) in [6, 6.07) is 7.58. The Labute approximate surface area is 162 Å². The molecule has 6 nitrogen and oxygen atoms in total. The molecule has 0 unspecified atom stereocenters. The molecule has 0 saturated carbocycles. The lowest BCUT2D eigenvalue weighted by molar-refractivity contribution is -0.116. The Morgan fingerprint density at radius 2 is 1.90 bits per heavy atom. The number of carbonyl (C=O) groups excluding carboxylic acids is 1. The van der Waals surface area contributed by atoms with Crippen molar-refractivity contribution in [3.63, 3.8) is 0 Å². The summed E-state index contributed by atoms with van der Waals surface area (Å²) >= 11 is 0. The minimum Gasteiger partial charge on any atom is -0.352 e. The molecule has 0 aliphatic carbocycles. The Kier molecular flexibility index (Phi) is 4.79. The van der Waals surface area contributed by atoms with Crippen LogP contribution in [0.3, 0.4) is 0 Å². The maximum Gasteiger partial charge on any atom is 0.270 e. The first-order chi connectivity index (χ1) is 13.9. The van der Waals surface area contributed by atoms with E-state index in [4.69, 9.17) is 4.52 Å². The molecular weight excluding hydrogens is 385 g/mol. The van der Waals surface area contributed by atoms with Crippen LogP contribution in [0.4, 0.5) is 19.1 Å². The number of hydrogen-bond donors (Lipinski definition) is 2. The average Bonchev–Trinajstić information content (AvgIpc) is 3.24. The van der Waals surface area contributed by atoms with E-state index < -0.39 is 17.5 Å². The fourth-order valence-electron chi connectivity index (χ4n) is 3.17. The van der Waals surface area contributed by atoms with Gasteiger partial charge in [-0.05, 0) is 53.0 Å². The molecule has 4 rings (SSSR count). The summed E-state index contributed by atoms with van der Waals surface area (Å²) in [6.45, 7) is 1.59. The van der Waals surface area contributed by atoms with E-state index in [9.17, 15) is 18.0 Å². The van der Waals surface area contributed by atoms with Gasteiger partial charge in [0.05, 0.1) is 5.52 Å². The minimum atomic E-state index is -0.749. The highest BCUT2D eigenvalue weighted by molar-refractivity contribution is 5.93. The molecule has 1 amide bonds. The highest BCUT2D eigenvalue weighted by Gasteiger charge is 2.18. The molecule has 0 fully saturated rings. The standard InChI is InChI=1S/C20H15F3N4O2/c1-10-24-20(27-29-10)25-17(28)7-6-14-15-8-13(22)9-16(23)19(15)26-18(14)11-2-4-12(21)5-3-11/h2-5,8-9,26H,6-7H2,1H3,(H,25,27,28). The fraction of sp³-hybridized carbons (Fsp3) is 0.150. The van der Waals surface area contributed by atoms with Gasteiger partial charge in [0.25, 0.3) is 5.95 Å². The Hall–Kier alpha value is -3.62. The number of nitrogens with zero attached hydrogens (tertiary/aromatic N) is 2. The molecule has 0 aliphatic heterocycles. The molecule has 2 aromatic carbocycles. The van der Waals surface area contributed by atoms with Crippen molar-refractivity contribution in [1.29, 1.82) is 0 Å². The average molecular weight is 400 g/mol. The molecule has 2 N–H and O–H groups in total. The monoisotopic (exact) mass is 400 g/mol. The largest absolute Gasteiger partial charge is 0.352 e. The number of aromatic nitrogens is 3. The normalized spacial score (nSPS) is 11.2. The number of aryl methyl sites for hydroxylation is 2. The lowest BCUT2D eigenvalue weighted by Gasteiger charge is -2.06. The molecule has 0 saturated heterocycles. The maximum atomic E-state index is 14.3. The van der Waals surface area contributed by atoms with Crippen molar-refractivity contribution in [2.75, 3.05) is 5.32 Å². The summed E-state index contributed by atoms with van der Waals surface area (Å²) in [5, 5.41) is 6.41. The molecule has 2 aromatic heterocycles. The number of rotatable bonds is 5. The predicted octanol–water partition coefficient (Wildman–Crippen LogP) is 4.51. The highest BCUT2D eigenvalue weighted by atomic mass is 19.1. The van der Waals surface area contributed by atoms with Gasteiger partial charge in [-0.2, -0.15) is 4.98 Å². The van der Waals surface area contributed by atoms with E-state index in [1.807, 2.05) is 0 Å². The van der Waals surface area contributed by atoms with Gasteiger partial charge in [0.15, 0.2) is 0 Å². The first kappa shape index (κ1) is 18.7. The third-order valence-electron chi connectivity index (χ3n) is 4.45. The molecular formula is C20H15F3N4O2. The SMILES string of the molecule is Cc1nc(NC(=O)CCc2c(-c3ccc(F)cc3)[nH]c3c(F)cc(F)cc23)no1. The second-order valence-electron chi connectivity index (χ2n) is 6.48. The van der Waals surface area contributed by atoms with E-state index >= 15 is 0 Å². The zero-order valence-electron chi connectivity index (χ0n) is 15.2. The first-order valence-electron chi connectivity index (χ1n) is 8.76. The predicted molar refractivity (Wildman–Crippen MR) is 99.6 cm³/mol. The number of amides is 1. The van der Waals surface area contributed by atoms with Crippen molar-refractivity contribution in [2.24, 2.45) is 0 Å². The van der Waals surface area contributed by atoms with Crippen LogP contribution in [-0.2, 0) is 11.2 Å². The smallest absolute Gasteiger partial charge is 0.270 e. The van der Waals surface area contributed by atoms with Crippen LogP contribution in [0.25, 0.3) is 22.2 Å². The number of fused-ring (bicyclic) bond motifs is 1. The summed E-state index contributed by atoms with van der Waals surface area (Å²) < 4.78 is 46.2. The molecule has 29 heavy (non-hydrogen) atoms. The van der Waals surface area contributed by atoms with Crippen LogP contribution < -0.4 is 5.32 Å². The second-order valence-corrected chi connectivity index (χ2v) is 6.48. The molecule has 148 valence electrons. The number of nitrogens with one attached hydrogen (secondary N) is 2. The molecule has 2 heterocycles. The molecule has 0 radical (unpaired) electrons. The third-order valence-corrected chi connectivity index (χ3v) is 4.45. The van der Waals surface area contributed by atoms with Gasteiger partial charge in [0.2, 0.25) is 11.8 Å². The fourth-order valence-corrected chi connectivity index (χ4v) is 3.17. The summed E-state index contributed by atoms with van der Waals surface area (Å²) in [4.78, 5) is 19.1. The van der Waals surface area contributed by atoms with Crippen molar-refractivity contribution >= 4 is 22.8 Å². The summed E-state index contributed by atoms with van der Waals surface area (Å²) in [5.74, 6) is -1.93. The molecule has 0 atom stereocenters. The van der Waals surface area contributed by atoms with Crippen LogP contribution in [0.1, 0.15) is 17.9 Å². The van der Waals surface area contributed by atoms with E-state index in [0.29, 0.717) is 28.1 Å². The van der Waals surface area contributed by atoms with Gasteiger partial charge in [0, 0.05) is 30.5 Å². The number of carbonyl (C=O) groups is 1. The van der Waals surface area contributed by atoms with Crippen molar-refractivity contribution in [1.82, 2.24) is 15.1 Å². The summed E-state index contributed by atoms with van der Waals surface area (Å²) in [5.41, 5.74) is 1.75. The van der Waals surface area contributed by atoms with E-state index in [-0.39, 0.29) is 30.2 Å². The van der Waals surface area contributed by atoms with Crippen LogP contribution in [0.5, 0.6) is 0 Å². The number of H-pyrrole nitrogens is 1. The molecule has 0 spiro atoms. The van der Waals surface area contributed by atoms with Gasteiger partial charge in [0.1, 0.15) is 17.5 Å². The number of aromatic amines is 1. The number of anilines is 1. The van der Waals surface area contributed by atoms with Crippen LogP contribution in [0.15, 0.2) is 40.9 Å². The second kappa shape index (κ2) is 7.42. The Bertz CT molecular complexity index is 1200. The summed E-state index contributed by atoms with van der Waals surface area (Å²) in [7, 11) is 0. The molecule has 4 aromatic rings. The number of halogens is 3. The molecule has 0 bridgehead atoms. The Morgan fingerprint density at radius 3 is 2.59 bits per heavy atom. The van der Waals surface area contributed by atoms with Crippen LogP contribution in [0.2, 0.25) is 0 Å². The van der Waals surface area contributed by atoms with E-state index in [1.165, 1.54) is 30.3 Å². The van der Waals surface area contributed by atoms with E-state index in [1.54, 1.807) is 6.92 Å². The zero-order chi connectivity index (χ0) is 20.5. The third kappa shape index (κ3) is 3.84. The lowest BCUT2D eigenvalue weighted by Crippen LogP contribution is -2.13. The lowest BCUT2D eigenvalue weighted by atomic mass is 10.0. The van der Waals surface area contributed by atoms with Gasteiger partial charge in [-0.1, -0.05) is 0 Å². The van der Waals surface area contributed by atoms with Crippen LogP contribution in [-0.4, -0.2) is 21.0 Å².